The zero-order valence-corrected chi connectivity index (χ0v) is 14.6. The van der Waals surface area contributed by atoms with E-state index >= 15 is 0 Å². The SMILES string of the molecule is Cn1cccc1C(=O)NCc1cn2c(n1)CN(CC1CCOC1)CC2. The van der Waals surface area contributed by atoms with E-state index in [2.05, 4.69) is 21.0 Å². The molecule has 0 aromatic carbocycles. The van der Waals surface area contributed by atoms with Gasteiger partial charge in [0.1, 0.15) is 11.5 Å². The smallest absolute Gasteiger partial charge is 0.268 e. The molecular weight excluding hydrogens is 318 g/mol. The van der Waals surface area contributed by atoms with Crippen LogP contribution in [0.2, 0.25) is 0 Å². The first kappa shape index (κ1) is 16.4. The van der Waals surface area contributed by atoms with Crippen LogP contribution in [0.15, 0.2) is 24.5 Å². The Hall–Kier alpha value is -2.12. The second-order valence-electron chi connectivity index (χ2n) is 6.99. The number of aromatic nitrogens is 3. The van der Waals surface area contributed by atoms with Crippen molar-refractivity contribution in [3.8, 4) is 0 Å². The Bertz CT molecular complexity index is 744. The fourth-order valence-corrected chi connectivity index (χ4v) is 3.65. The lowest BCUT2D eigenvalue weighted by Gasteiger charge is -2.29. The fraction of sp³-hybridized carbons (Fsp3) is 0.556. The number of hydrogen-bond donors (Lipinski definition) is 1. The third-order valence-electron chi connectivity index (χ3n) is 5.08. The van der Waals surface area contributed by atoms with Crippen molar-refractivity contribution in [3.05, 3.63) is 41.7 Å². The molecule has 1 unspecified atom stereocenters. The highest BCUT2D eigenvalue weighted by Gasteiger charge is 2.23. The molecule has 0 radical (unpaired) electrons. The minimum atomic E-state index is -0.0682. The standard InChI is InChI=1S/C18H25N5O2/c1-21-5-2-3-16(21)18(24)19-9-15-11-23-7-6-22(12-17(23)20-15)10-14-4-8-25-13-14/h2-3,5,11,14H,4,6-10,12-13H2,1H3,(H,19,24). The summed E-state index contributed by atoms with van der Waals surface area (Å²) in [7, 11) is 1.87. The Morgan fingerprint density at radius 1 is 1.44 bits per heavy atom. The molecular formula is C18H25N5O2. The highest BCUT2D eigenvalue weighted by atomic mass is 16.5. The lowest BCUT2D eigenvalue weighted by Crippen LogP contribution is -2.37. The third-order valence-corrected chi connectivity index (χ3v) is 5.08. The largest absolute Gasteiger partial charge is 0.381 e. The monoisotopic (exact) mass is 343 g/mol. The molecule has 4 heterocycles. The average molecular weight is 343 g/mol. The van der Waals surface area contributed by atoms with Gasteiger partial charge >= 0.3 is 0 Å². The average Bonchev–Trinajstić information content (AvgIpc) is 3.33. The molecule has 25 heavy (non-hydrogen) atoms. The number of fused-ring (bicyclic) bond motifs is 1. The van der Waals surface area contributed by atoms with Crippen molar-refractivity contribution in [2.45, 2.75) is 26.1 Å². The van der Waals surface area contributed by atoms with E-state index in [1.54, 1.807) is 0 Å². The van der Waals surface area contributed by atoms with E-state index in [-0.39, 0.29) is 5.91 Å². The van der Waals surface area contributed by atoms with Crippen LogP contribution in [0.4, 0.5) is 0 Å². The van der Waals surface area contributed by atoms with Gasteiger partial charge in [-0.2, -0.15) is 0 Å². The van der Waals surface area contributed by atoms with E-state index in [1.165, 1.54) is 6.42 Å². The number of imidazole rings is 1. The topological polar surface area (TPSA) is 64.3 Å². The molecule has 1 atom stereocenters. The molecule has 0 aliphatic carbocycles. The number of rotatable bonds is 5. The van der Waals surface area contributed by atoms with Gasteiger partial charge in [-0.15, -0.1) is 0 Å². The number of amides is 1. The van der Waals surface area contributed by atoms with Crippen molar-refractivity contribution < 1.29 is 9.53 Å². The van der Waals surface area contributed by atoms with E-state index in [9.17, 15) is 4.79 Å². The molecule has 1 amide bonds. The number of carbonyl (C=O) groups is 1. The first-order chi connectivity index (χ1) is 12.2. The maximum atomic E-state index is 12.2. The molecule has 2 aliphatic heterocycles. The Morgan fingerprint density at radius 2 is 2.36 bits per heavy atom. The van der Waals surface area contributed by atoms with Crippen LogP contribution in [0.5, 0.6) is 0 Å². The molecule has 2 aromatic rings. The highest BCUT2D eigenvalue weighted by Crippen LogP contribution is 2.18. The van der Waals surface area contributed by atoms with Crippen LogP contribution in [0.3, 0.4) is 0 Å². The number of nitrogens with one attached hydrogen (secondary N) is 1. The second kappa shape index (κ2) is 7.01. The van der Waals surface area contributed by atoms with Gasteiger partial charge in [-0.1, -0.05) is 0 Å². The Kier molecular flexibility index (Phi) is 4.59. The van der Waals surface area contributed by atoms with Crippen molar-refractivity contribution in [1.82, 2.24) is 24.3 Å². The molecule has 7 heteroatoms. The van der Waals surface area contributed by atoms with Crippen molar-refractivity contribution in [2.75, 3.05) is 26.3 Å². The number of aryl methyl sites for hydroxylation is 1. The van der Waals surface area contributed by atoms with Gasteiger partial charge in [0.05, 0.1) is 25.4 Å². The number of nitrogens with zero attached hydrogens (tertiary/aromatic N) is 4. The van der Waals surface area contributed by atoms with Gasteiger partial charge in [0.2, 0.25) is 0 Å². The maximum absolute atomic E-state index is 12.2. The van der Waals surface area contributed by atoms with E-state index < -0.39 is 0 Å². The van der Waals surface area contributed by atoms with Crippen LogP contribution >= 0.6 is 0 Å². The molecule has 0 saturated carbocycles. The van der Waals surface area contributed by atoms with Gasteiger partial charge in [-0.3, -0.25) is 9.69 Å². The van der Waals surface area contributed by atoms with Gasteiger partial charge < -0.3 is 19.2 Å². The molecule has 1 saturated heterocycles. The van der Waals surface area contributed by atoms with Crippen molar-refractivity contribution in [2.24, 2.45) is 13.0 Å². The lowest BCUT2D eigenvalue weighted by molar-refractivity contribution is 0.0942. The first-order valence-corrected chi connectivity index (χ1v) is 8.93. The quantitative estimate of drug-likeness (QED) is 0.880. The first-order valence-electron chi connectivity index (χ1n) is 8.93. The van der Waals surface area contributed by atoms with Gasteiger partial charge in [-0.05, 0) is 24.5 Å². The molecule has 1 fully saturated rings. The lowest BCUT2D eigenvalue weighted by atomic mass is 10.1. The maximum Gasteiger partial charge on any atom is 0.268 e. The highest BCUT2D eigenvalue weighted by molar-refractivity contribution is 5.92. The van der Waals surface area contributed by atoms with Crippen LogP contribution in [0.25, 0.3) is 0 Å². The predicted molar refractivity (Wildman–Crippen MR) is 93.0 cm³/mol. The molecule has 7 nitrogen and oxygen atoms in total. The summed E-state index contributed by atoms with van der Waals surface area (Å²) in [5, 5.41) is 2.96. The summed E-state index contributed by atoms with van der Waals surface area (Å²) in [6.45, 7) is 6.23. The van der Waals surface area contributed by atoms with Gasteiger partial charge in [-0.25, -0.2) is 4.98 Å². The molecule has 2 aliphatic rings. The zero-order valence-electron chi connectivity index (χ0n) is 14.6. The third kappa shape index (κ3) is 3.62. The predicted octanol–water partition coefficient (Wildman–Crippen LogP) is 1.00. The van der Waals surface area contributed by atoms with Crippen molar-refractivity contribution >= 4 is 5.91 Å². The Balaban J connectivity index is 1.34. The summed E-state index contributed by atoms with van der Waals surface area (Å²) in [4.78, 5) is 19.4. The molecule has 1 N–H and O–H groups in total. The minimum absolute atomic E-state index is 0.0682. The molecule has 134 valence electrons. The van der Waals surface area contributed by atoms with Gasteiger partial charge in [0, 0.05) is 45.7 Å². The van der Waals surface area contributed by atoms with Crippen molar-refractivity contribution in [3.63, 3.8) is 0 Å². The molecule has 4 rings (SSSR count). The number of ether oxygens (including phenoxy) is 1. The summed E-state index contributed by atoms with van der Waals surface area (Å²) < 4.78 is 9.51. The minimum Gasteiger partial charge on any atom is -0.381 e. The number of hydrogen-bond acceptors (Lipinski definition) is 4. The van der Waals surface area contributed by atoms with E-state index in [4.69, 9.17) is 9.72 Å². The van der Waals surface area contributed by atoms with E-state index in [0.717, 1.165) is 50.9 Å². The Labute approximate surface area is 147 Å². The van der Waals surface area contributed by atoms with E-state index in [1.807, 2.05) is 29.9 Å². The van der Waals surface area contributed by atoms with Gasteiger partial charge in [0.25, 0.3) is 5.91 Å². The molecule has 2 aromatic heterocycles. The summed E-state index contributed by atoms with van der Waals surface area (Å²) in [5.74, 6) is 1.68. The summed E-state index contributed by atoms with van der Waals surface area (Å²) >= 11 is 0. The Morgan fingerprint density at radius 3 is 3.12 bits per heavy atom. The van der Waals surface area contributed by atoms with Crippen molar-refractivity contribution in [1.29, 1.82) is 0 Å². The molecule has 0 bridgehead atoms. The van der Waals surface area contributed by atoms with E-state index in [0.29, 0.717) is 18.2 Å². The number of carbonyl (C=O) groups excluding carboxylic acids is 1. The zero-order chi connectivity index (χ0) is 17.2. The van der Waals surface area contributed by atoms with Crippen LogP contribution in [-0.2, 0) is 31.4 Å². The summed E-state index contributed by atoms with van der Waals surface area (Å²) in [6, 6.07) is 3.69. The second-order valence-corrected chi connectivity index (χ2v) is 6.99. The van der Waals surface area contributed by atoms with Crippen LogP contribution in [0.1, 0.15) is 28.4 Å². The van der Waals surface area contributed by atoms with Crippen LogP contribution in [0, 0.1) is 5.92 Å². The molecule has 0 spiro atoms. The summed E-state index contributed by atoms with van der Waals surface area (Å²) in [5.41, 5.74) is 1.58. The van der Waals surface area contributed by atoms with Gasteiger partial charge in [0.15, 0.2) is 0 Å². The summed E-state index contributed by atoms with van der Waals surface area (Å²) in [6.07, 6.45) is 5.10. The normalized spacial score (nSPS) is 20.6. The van der Waals surface area contributed by atoms with Crippen LogP contribution < -0.4 is 5.32 Å². The fourth-order valence-electron chi connectivity index (χ4n) is 3.65. The van der Waals surface area contributed by atoms with Crippen LogP contribution in [-0.4, -0.2) is 51.2 Å².